The molecule has 2 atom stereocenters. The Labute approximate surface area is 181 Å². The van der Waals surface area contributed by atoms with E-state index in [1.807, 2.05) is 41.3 Å². The minimum absolute atomic E-state index is 0.000127. The fourth-order valence-corrected chi connectivity index (χ4v) is 10.7. The molecular weight excluding hydrogens is 392 g/mol. The molecule has 1 saturated heterocycles. The molecule has 0 N–H and O–H groups in total. The zero-order chi connectivity index (χ0) is 22.1. The Hall–Kier alpha value is -2.18. The maximum atomic E-state index is 13.5. The second-order valence-electron chi connectivity index (χ2n) is 8.96. The first-order valence-electron chi connectivity index (χ1n) is 10.8. The molecule has 30 heavy (non-hydrogen) atoms. The normalized spacial score (nSPS) is 19.5. The number of aromatic nitrogens is 1. The third-order valence-corrected chi connectivity index (χ3v) is 12.6. The third-order valence-electron chi connectivity index (χ3n) is 6.48. The summed E-state index contributed by atoms with van der Waals surface area (Å²) < 4.78 is 12.5. The van der Waals surface area contributed by atoms with Crippen LogP contribution in [0.5, 0.6) is 5.75 Å². The van der Waals surface area contributed by atoms with Gasteiger partial charge in [-0.2, -0.15) is 0 Å². The number of para-hydroxylation sites is 2. The molecule has 1 aliphatic rings. The SMILES string of the molecule is COc1ccccc1N1C(=O)[C@H](O[Si](C(C)C)(C(C)C)C(C)C)[C@@H]1c1ccncc1. The van der Waals surface area contributed by atoms with Gasteiger partial charge in [-0.15, -0.1) is 0 Å². The van der Waals surface area contributed by atoms with Crippen molar-refractivity contribution in [2.75, 3.05) is 12.0 Å². The van der Waals surface area contributed by atoms with Crippen molar-refractivity contribution in [3.63, 3.8) is 0 Å². The standard InChI is InChI=1S/C24H34N2O3Si/c1-16(2)30(17(3)4,18(5)6)29-23-22(19-12-14-25-15-13-19)26(24(23)27)20-10-8-9-11-21(20)28-7/h8-18,22-23H,1-7H3/t22-,23+/m0/s1. The van der Waals surface area contributed by atoms with Gasteiger partial charge in [0.25, 0.3) is 5.91 Å². The van der Waals surface area contributed by atoms with Crippen LogP contribution in [0.25, 0.3) is 0 Å². The van der Waals surface area contributed by atoms with E-state index in [0.29, 0.717) is 22.4 Å². The maximum Gasteiger partial charge on any atom is 0.258 e. The Bertz CT molecular complexity index is 848. The molecule has 1 aromatic heterocycles. The fraction of sp³-hybridized carbons (Fsp3) is 0.500. The first-order chi connectivity index (χ1) is 14.3. The van der Waals surface area contributed by atoms with Crippen molar-refractivity contribution in [3.05, 3.63) is 54.4 Å². The second kappa shape index (κ2) is 8.90. The van der Waals surface area contributed by atoms with Gasteiger partial charge in [0.05, 0.1) is 18.8 Å². The number of hydrogen-bond donors (Lipinski definition) is 0. The van der Waals surface area contributed by atoms with Crippen molar-refractivity contribution in [3.8, 4) is 5.75 Å². The summed E-state index contributed by atoms with van der Waals surface area (Å²) in [4.78, 5) is 19.5. The molecule has 0 unspecified atom stereocenters. The van der Waals surface area contributed by atoms with Gasteiger partial charge in [0, 0.05) is 12.4 Å². The third kappa shape index (κ3) is 3.67. The molecule has 0 spiro atoms. The molecular formula is C24H34N2O3Si. The van der Waals surface area contributed by atoms with Crippen molar-refractivity contribution < 1.29 is 14.0 Å². The predicted octanol–water partition coefficient (Wildman–Crippen LogP) is 5.74. The van der Waals surface area contributed by atoms with Gasteiger partial charge in [-0.25, -0.2) is 0 Å². The average Bonchev–Trinajstić information content (AvgIpc) is 2.72. The lowest BCUT2D eigenvalue weighted by Gasteiger charge is -2.53. The number of ether oxygens (including phenoxy) is 1. The fourth-order valence-electron chi connectivity index (χ4n) is 5.19. The van der Waals surface area contributed by atoms with Crippen molar-refractivity contribution in [2.24, 2.45) is 0 Å². The molecule has 1 aliphatic heterocycles. The van der Waals surface area contributed by atoms with Crippen LogP contribution in [0.1, 0.15) is 53.1 Å². The van der Waals surface area contributed by atoms with E-state index in [4.69, 9.17) is 9.16 Å². The zero-order valence-electron chi connectivity index (χ0n) is 19.1. The lowest BCUT2D eigenvalue weighted by Crippen LogP contribution is -2.65. The minimum Gasteiger partial charge on any atom is -0.495 e. The van der Waals surface area contributed by atoms with Gasteiger partial charge in [0.1, 0.15) is 11.9 Å². The van der Waals surface area contributed by atoms with E-state index in [-0.39, 0.29) is 11.9 Å². The zero-order valence-corrected chi connectivity index (χ0v) is 20.1. The Kier molecular flexibility index (Phi) is 6.67. The number of β-lactam (4-membered cyclic amide) rings is 1. The Morgan fingerprint density at radius 3 is 2.03 bits per heavy atom. The van der Waals surface area contributed by atoms with E-state index in [9.17, 15) is 4.79 Å². The van der Waals surface area contributed by atoms with Gasteiger partial charge in [-0.05, 0) is 46.5 Å². The van der Waals surface area contributed by atoms with Crippen molar-refractivity contribution >= 4 is 19.9 Å². The molecule has 2 heterocycles. The quantitative estimate of drug-likeness (QED) is 0.399. The van der Waals surface area contributed by atoms with E-state index in [2.05, 4.69) is 46.5 Å². The molecule has 5 nitrogen and oxygen atoms in total. The Morgan fingerprint density at radius 1 is 0.933 bits per heavy atom. The number of rotatable bonds is 8. The number of anilines is 1. The van der Waals surface area contributed by atoms with E-state index in [1.165, 1.54) is 0 Å². The highest BCUT2D eigenvalue weighted by molar-refractivity contribution is 6.77. The summed E-state index contributed by atoms with van der Waals surface area (Å²) in [6, 6.07) is 11.4. The van der Waals surface area contributed by atoms with Crippen LogP contribution in [0.15, 0.2) is 48.8 Å². The molecule has 1 fully saturated rings. The molecule has 3 rings (SSSR count). The summed E-state index contributed by atoms with van der Waals surface area (Å²) in [6.45, 7) is 13.5. The van der Waals surface area contributed by atoms with Crippen LogP contribution in [0, 0.1) is 0 Å². The Morgan fingerprint density at radius 2 is 1.50 bits per heavy atom. The lowest BCUT2D eigenvalue weighted by atomic mass is 9.90. The Balaban J connectivity index is 2.06. The predicted molar refractivity (Wildman–Crippen MR) is 123 cm³/mol. The molecule has 162 valence electrons. The van der Waals surface area contributed by atoms with Gasteiger partial charge in [0.15, 0.2) is 0 Å². The highest BCUT2D eigenvalue weighted by Gasteiger charge is 2.56. The van der Waals surface area contributed by atoms with Crippen LogP contribution in [0.4, 0.5) is 5.69 Å². The molecule has 0 bridgehead atoms. The maximum absolute atomic E-state index is 13.5. The molecule has 2 aromatic rings. The first-order valence-corrected chi connectivity index (χ1v) is 12.9. The van der Waals surface area contributed by atoms with Gasteiger partial charge in [-0.1, -0.05) is 53.7 Å². The first kappa shape index (κ1) is 22.5. The highest BCUT2D eigenvalue weighted by atomic mass is 28.4. The molecule has 6 heteroatoms. The number of pyridine rings is 1. The topological polar surface area (TPSA) is 51.7 Å². The van der Waals surface area contributed by atoms with Crippen LogP contribution in [0.3, 0.4) is 0 Å². The van der Waals surface area contributed by atoms with E-state index in [1.54, 1.807) is 19.5 Å². The van der Waals surface area contributed by atoms with Crippen molar-refractivity contribution in [1.82, 2.24) is 4.98 Å². The minimum atomic E-state index is -2.22. The van der Waals surface area contributed by atoms with Gasteiger partial charge < -0.3 is 9.16 Å². The number of nitrogens with zero attached hydrogens (tertiary/aromatic N) is 2. The highest BCUT2D eigenvalue weighted by Crippen LogP contribution is 2.50. The second-order valence-corrected chi connectivity index (χ2v) is 14.4. The smallest absolute Gasteiger partial charge is 0.258 e. The monoisotopic (exact) mass is 426 g/mol. The van der Waals surface area contributed by atoms with Crippen molar-refractivity contribution in [2.45, 2.75) is 70.3 Å². The summed E-state index contributed by atoms with van der Waals surface area (Å²) in [5.41, 5.74) is 3.02. The van der Waals surface area contributed by atoms with E-state index >= 15 is 0 Å². The number of methoxy groups -OCH3 is 1. The molecule has 1 amide bonds. The molecule has 0 saturated carbocycles. The summed E-state index contributed by atoms with van der Waals surface area (Å²) in [5.74, 6) is 0.684. The summed E-state index contributed by atoms with van der Waals surface area (Å²) in [7, 11) is -0.592. The van der Waals surface area contributed by atoms with Crippen LogP contribution in [-0.2, 0) is 9.22 Å². The number of carbonyl (C=O) groups is 1. The largest absolute Gasteiger partial charge is 0.495 e. The van der Waals surface area contributed by atoms with Gasteiger partial charge >= 0.3 is 0 Å². The van der Waals surface area contributed by atoms with Gasteiger partial charge in [0.2, 0.25) is 8.32 Å². The molecule has 0 radical (unpaired) electrons. The average molecular weight is 427 g/mol. The summed E-state index contributed by atoms with van der Waals surface area (Å²) in [6.07, 6.45) is 3.05. The van der Waals surface area contributed by atoms with Crippen LogP contribution in [-0.4, -0.2) is 32.4 Å². The van der Waals surface area contributed by atoms with E-state index < -0.39 is 14.4 Å². The van der Waals surface area contributed by atoms with Crippen LogP contribution >= 0.6 is 0 Å². The number of hydrogen-bond acceptors (Lipinski definition) is 4. The molecule has 1 aromatic carbocycles. The number of amides is 1. The van der Waals surface area contributed by atoms with Crippen LogP contribution < -0.4 is 9.64 Å². The number of benzene rings is 1. The molecule has 0 aliphatic carbocycles. The van der Waals surface area contributed by atoms with Crippen molar-refractivity contribution in [1.29, 1.82) is 0 Å². The summed E-state index contributed by atoms with van der Waals surface area (Å²) in [5, 5.41) is 0. The van der Waals surface area contributed by atoms with Gasteiger partial charge in [-0.3, -0.25) is 14.7 Å². The van der Waals surface area contributed by atoms with Crippen LogP contribution in [0.2, 0.25) is 16.6 Å². The van der Waals surface area contributed by atoms with E-state index in [0.717, 1.165) is 11.3 Å². The number of carbonyl (C=O) groups excluding carboxylic acids is 1. The summed E-state index contributed by atoms with van der Waals surface area (Å²) >= 11 is 0. The lowest BCUT2D eigenvalue weighted by molar-refractivity contribution is -0.136.